The molecule has 8 heteroatoms. The van der Waals surface area contributed by atoms with E-state index >= 15 is 0 Å². The number of aryl methyl sites for hydroxylation is 1. The molecule has 2 saturated heterocycles. The summed E-state index contributed by atoms with van der Waals surface area (Å²) in [6.07, 6.45) is 3.47. The Hall–Kier alpha value is -1.48. The molecule has 0 saturated carbocycles. The summed E-state index contributed by atoms with van der Waals surface area (Å²) in [6.45, 7) is 8.72. The first-order valence-corrected chi connectivity index (χ1v) is 12.2. The van der Waals surface area contributed by atoms with Crippen molar-refractivity contribution < 1.29 is 13.2 Å². The molecule has 3 rings (SSSR count). The van der Waals surface area contributed by atoms with E-state index in [1.807, 2.05) is 24.0 Å². The van der Waals surface area contributed by atoms with Gasteiger partial charge in [0.2, 0.25) is 15.9 Å². The predicted octanol–water partition coefficient (Wildman–Crippen LogP) is 1.29. The Balaban J connectivity index is 1.64. The molecule has 0 aromatic heterocycles. The van der Waals surface area contributed by atoms with Gasteiger partial charge in [0.25, 0.3) is 0 Å². The molecule has 1 N–H and O–H groups in total. The minimum absolute atomic E-state index is 0.0372. The van der Waals surface area contributed by atoms with Crippen LogP contribution < -0.4 is 5.32 Å². The first-order chi connectivity index (χ1) is 14.0. The highest BCUT2D eigenvalue weighted by Gasteiger charge is 2.26. The molecule has 2 heterocycles. The lowest BCUT2D eigenvalue weighted by molar-refractivity contribution is -0.131. The standard InChI is InChI=1S/C21H34N4O3S/c1-19-5-7-20(8-6-19)29(27,28)25(15-4-14-23-12-2-3-13-23)16-9-21(26)24-17-10-22-11-18-24/h5-8,22H,2-4,9-18H2,1H3. The van der Waals surface area contributed by atoms with Crippen LogP contribution >= 0.6 is 0 Å². The first-order valence-electron chi connectivity index (χ1n) is 10.7. The van der Waals surface area contributed by atoms with Gasteiger partial charge < -0.3 is 15.1 Å². The van der Waals surface area contributed by atoms with E-state index in [9.17, 15) is 13.2 Å². The molecular formula is C21H34N4O3S. The molecule has 1 amide bonds. The third-order valence-corrected chi connectivity index (χ3v) is 7.70. The van der Waals surface area contributed by atoms with Gasteiger partial charge in [0.05, 0.1) is 4.90 Å². The van der Waals surface area contributed by atoms with E-state index in [2.05, 4.69) is 10.2 Å². The van der Waals surface area contributed by atoms with Crippen LogP contribution in [0.4, 0.5) is 0 Å². The highest BCUT2D eigenvalue weighted by Crippen LogP contribution is 2.18. The van der Waals surface area contributed by atoms with Gasteiger partial charge in [-0.25, -0.2) is 8.42 Å². The molecule has 0 spiro atoms. The third-order valence-electron chi connectivity index (χ3n) is 5.78. The number of piperazine rings is 1. The summed E-state index contributed by atoms with van der Waals surface area (Å²) in [7, 11) is -3.61. The number of carbonyl (C=O) groups is 1. The van der Waals surface area contributed by atoms with E-state index in [1.165, 1.54) is 17.1 Å². The third kappa shape index (κ3) is 6.25. The number of nitrogens with one attached hydrogen (secondary N) is 1. The van der Waals surface area contributed by atoms with Crippen LogP contribution in [0.1, 0.15) is 31.2 Å². The summed E-state index contributed by atoms with van der Waals surface area (Å²) in [5, 5.41) is 3.23. The van der Waals surface area contributed by atoms with Crippen LogP contribution in [0, 0.1) is 6.92 Å². The number of nitrogens with zero attached hydrogens (tertiary/aromatic N) is 3. The van der Waals surface area contributed by atoms with Crippen molar-refractivity contribution in [1.29, 1.82) is 0 Å². The largest absolute Gasteiger partial charge is 0.340 e. The van der Waals surface area contributed by atoms with Gasteiger partial charge in [0.1, 0.15) is 0 Å². The Morgan fingerprint density at radius 2 is 1.69 bits per heavy atom. The van der Waals surface area contributed by atoms with Crippen LogP contribution in [0.5, 0.6) is 0 Å². The molecule has 2 aliphatic rings. The van der Waals surface area contributed by atoms with Gasteiger partial charge in [-0.15, -0.1) is 0 Å². The Morgan fingerprint density at radius 1 is 1.03 bits per heavy atom. The highest BCUT2D eigenvalue weighted by atomic mass is 32.2. The molecule has 0 aliphatic carbocycles. The number of hydrogen-bond donors (Lipinski definition) is 1. The van der Waals surface area contributed by atoms with Crippen molar-refractivity contribution in [3.63, 3.8) is 0 Å². The van der Waals surface area contributed by atoms with Crippen LogP contribution in [0.25, 0.3) is 0 Å². The molecule has 29 heavy (non-hydrogen) atoms. The molecule has 0 atom stereocenters. The minimum atomic E-state index is -3.61. The molecule has 1 aromatic rings. The second-order valence-electron chi connectivity index (χ2n) is 8.00. The maximum Gasteiger partial charge on any atom is 0.243 e. The molecule has 2 aliphatic heterocycles. The number of hydrogen-bond acceptors (Lipinski definition) is 5. The normalized spacial score (nSPS) is 18.5. The molecule has 1 aromatic carbocycles. The number of carbonyl (C=O) groups excluding carboxylic acids is 1. The van der Waals surface area contributed by atoms with Gasteiger partial charge in [-0.3, -0.25) is 4.79 Å². The lowest BCUT2D eigenvalue weighted by atomic mass is 10.2. The maximum atomic E-state index is 13.2. The van der Waals surface area contributed by atoms with Crippen molar-refractivity contribution >= 4 is 15.9 Å². The van der Waals surface area contributed by atoms with Gasteiger partial charge in [0.15, 0.2) is 0 Å². The second-order valence-corrected chi connectivity index (χ2v) is 9.94. The summed E-state index contributed by atoms with van der Waals surface area (Å²) in [5.41, 5.74) is 1.03. The maximum absolute atomic E-state index is 13.2. The van der Waals surface area contributed by atoms with E-state index in [-0.39, 0.29) is 18.9 Å². The molecular weight excluding hydrogens is 388 g/mol. The summed E-state index contributed by atoms with van der Waals surface area (Å²) < 4.78 is 28.0. The molecule has 0 radical (unpaired) electrons. The zero-order chi connectivity index (χ0) is 20.7. The van der Waals surface area contributed by atoms with Crippen molar-refractivity contribution in [3.05, 3.63) is 29.8 Å². The quantitative estimate of drug-likeness (QED) is 0.649. The smallest absolute Gasteiger partial charge is 0.243 e. The zero-order valence-electron chi connectivity index (χ0n) is 17.5. The highest BCUT2D eigenvalue weighted by molar-refractivity contribution is 7.89. The van der Waals surface area contributed by atoms with Crippen LogP contribution in [-0.4, -0.2) is 87.3 Å². The predicted molar refractivity (Wildman–Crippen MR) is 114 cm³/mol. The fraction of sp³-hybridized carbons (Fsp3) is 0.667. The average molecular weight is 423 g/mol. The molecule has 2 fully saturated rings. The summed E-state index contributed by atoms with van der Waals surface area (Å²) in [5.74, 6) is 0.0372. The first kappa shape index (κ1) is 22.2. The van der Waals surface area contributed by atoms with E-state index < -0.39 is 10.0 Å². The number of amides is 1. The monoisotopic (exact) mass is 422 g/mol. The van der Waals surface area contributed by atoms with Gasteiger partial charge in [-0.1, -0.05) is 17.7 Å². The SMILES string of the molecule is Cc1ccc(S(=O)(=O)N(CCCN2CCCC2)CCC(=O)N2CCNCC2)cc1. The van der Waals surface area contributed by atoms with Gasteiger partial charge in [-0.05, 0) is 58.0 Å². The number of rotatable bonds is 9. The fourth-order valence-electron chi connectivity index (χ4n) is 3.98. The number of likely N-dealkylation sites (tertiary alicyclic amines) is 1. The van der Waals surface area contributed by atoms with Crippen LogP contribution in [-0.2, 0) is 14.8 Å². The van der Waals surface area contributed by atoms with Gasteiger partial charge in [0, 0.05) is 45.7 Å². The van der Waals surface area contributed by atoms with E-state index in [1.54, 1.807) is 12.1 Å². The summed E-state index contributed by atoms with van der Waals surface area (Å²) in [4.78, 5) is 17.1. The summed E-state index contributed by atoms with van der Waals surface area (Å²) >= 11 is 0. The Bertz CT molecular complexity index is 755. The van der Waals surface area contributed by atoms with Crippen molar-refractivity contribution in [3.8, 4) is 0 Å². The van der Waals surface area contributed by atoms with E-state index in [0.29, 0.717) is 24.5 Å². The Labute approximate surface area is 175 Å². The second kappa shape index (κ2) is 10.5. The van der Waals surface area contributed by atoms with Crippen molar-refractivity contribution in [2.45, 2.75) is 37.5 Å². The Morgan fingerprint density at radius 3 is 2.34 bits per heavy atom. The van der Waals surface area contributed by atoms with Crippen molar-refractivity contribution in [2.75, 3.05) is 58.9 Å². The van der Waals surface area contributed by atoms with Crippen molar-refractivity contribution in [1.82, 2.24) is 19.4 Å². The number of benzene rings is 1. The topological polar surface area (TPSA) is 73.0 Å². The summed E-state index contributed by atoms with van der Waals surface area (Å²) in [6, 6.07) is 6.97. The van der Waals surface area contributed by atoms with Crippen LogP contribution in [0.15, 0.2) is 29.2 Å². The van der Waals surface area contributed by atoms with E-state index in [4.69, 9.17) is 0 Å². The Kier molecular flexibility index (Phi) is 8.06. The lowest BCUT2D eigenvalue weighted by Crippen LogP contribution is -2.47. The molecule has 0 bridgehead atoms. The lowest BCUT2D eigenvalue weighted by Gasteiger charge is -2.29. The molecule has 162 valence electrons. The van der Waals surface area contributed by atoms with Gasteiger partial charge in [-0.2, -0.15) is 4.31 Å². The molecule has 7 nitrogen and oxygen atoms in total. The van der Waals surface area contributed by atoms with Crippen LogP contribution in [0.2, 0.25) is 0 Å². The van der Waals surface area contributed by atoms with Crippen molar-refractivity contribution in [2.24, 2.45) is 0 Å². The zero-order valence-corrected chi connectivity index (χ0v) is 18.3. The average Bonchev–Trinajstić information content (AvgIpc) is 3.24. The number of sulfonamides is 1. The minimum Gasteiger partial charge on any atom is -0.340 e. The fourth-order valence-corrected chi connectivity index (χ4v) is 5.46. The van der Waals surface area contributed by atoms with Crippen LogP contribution in [0.3, 0.4) is 0 Å². The van der Waals surface area contributed by atoms with E-state index in [0.717, 1.165) is 44.7 Å². The van der Waals surface area contributed by atoms with Gasteiger partial charge >= 0.3 is 0 Å². The molecule has 0 unspecified atom stereocenters.